The zero-order chi connectivity index (χ0) is 21.9. The van der Waals surface area contributed by atoms with E-state index >= 15 is 0 Å². The Morgan fingerprint density at radius 3 is 2.07 bits per heavy atom. The van der Waals surface area contributed by atoms with Crippen molar-refractivity contribution in [2.75, 3.05) is 13.1 Å². The predicted molar refractivity (Wildman–Crippen MR) is 96.3 cm³/mol. The Labute approximate surface area is 168 Å². The highest BCUT2D eigenvalue weighted by Crippen LogP contribution is 2.39. The summed E-state index contributed by atoms with van der Waals surface area (Å²) in [6.45, 7) is 1.36. The van der Waals surface area contributed by atoms with Crippen molar-refractivity contribution >= 4 is 5.91 Å². The van der Waals surface area contributed by atoms with Crippen molar-refractivity contribution in [3.8, 4) is 11.5 Å². The average molecular weight is 432 g/mol. The minimum Gasteiger partial charge on any atom is -0.457 e. The van der Waals surface area contributed by atoms with Crippen LogP contribution in [0.4, 0.5) is 26.3 Å². The third-order valence-electron chi connectivity index (χ3n) is 4.58. The molecule has 0 aromatic heterocycles. The first-order valence-electron chi connectivity index (χ1n) is 9.11. The monoisotopic (exact) mass is 432 g/mol. The summed E-state index contributed by atoms with van der Waals surface area (Å²) in [7, 11) is 0. The van der Waals surface area contributed by atoms with Crippen LogP contribution in [0, 0.1) is 0 Å². The van der Waals surface area contributed by atoms with Crippen molar-refractivity contribution in [2.45, 2.75) is 31.2 Å². The highest BCUT2D eigenvalue weighted by atomic mass is 19.4. The Balaban J connectivity index is 1.72. The van der Waals surface area contributed by atoms with Gasteiger partial charge >= 0.3 is 12.4 Å². The van der Waals surface area contributed by atoms with Crippen LogP contribution in [-0.4, -0.2) is 25.0 Å². The maximum Gasteiger partial charge on any atom is 0.416 e. The van der Waals surface area contributed by atoms with Gasteiger partial charge in [0.1, 0.15) is 11.5 Å². The maximum absolute atomic E-state index is 12.9. The van der Waals surface area contributed by atoms with Gasteiger partial charge in [0, 0.05) is 18.2 Å². The number of hydrogen-bond donors (Lipinski definition) is 2. The quantitative estimate of drug-likeness (QED) is 0.654. The summed E-state index contributed by atoms with van der Waals surface area (Å²) in [6, 6.07) is 6.58. The van der Waals surface area contributed by atoms with Crippen LogP contribution in [0.2, 0.25) is 0 Å². The van der Waals surface area contributed by atoms with Crippen LogP contribution < -0.4 is 15.4 Å². The molecule has 1 aliphatic heterocycles. The Morgan fingerprint density at radius 2 is 1.57 bits per heavy atom. The molecule has 2 aromatic rings. The standard InChI is InChI=1S/C20H18F6N2O2/c21-19(22,23)13-8-14(20(24,25)26)10-17(9-13)30-16-5-3-12(4-6-16)18(29)28-11-15-2-1-7-27-15/h3-6,8-10,15,27H,1-2,7,11H2,(H,28,29). The average Bonchev–Trinajstić information content (AvgIpc) is 3.19. The Bertz CT molecular complexity index is 855. The third kappa shape index (κ3) is 5.65. The number of benzene rings is 2. The maximum atomic E-state index is 12.9. The van der Waals surface area contributed by atoms with Crippen LogP contribution >= 0.6 is 0 Å². The zero-order valence-electron chi connectivity index (χ0n) is 15.5. The van der Waals surface area contributed by atoms with Crippen LogP contribution in [-0.2, 0) is 12.4 Å². The molecular weight excluding hydrogens is 414 g/mol. The largest absolute Gasteiger partial charge is 0.457 e. The molecule has 0 spiro atoms. The van der Waals surface area contributed by atoms with Gasteiger partial charge in [-0.05, 0) is 61.9 Å². The molecule has 10 heteroatoms. The molecule has 1 fully saturated rings. The number of carbonyl (C=O) groups excluding carboxylic acids is 1. The first-order valence-corrected chi connectivity index (χ1v) is 9.11. The topological polar surface area (TPSA) is 50.4 Å². The number of ether oxygens (including phenoxy) is 1. The Kier molecular flexibility index (Phi) is 6.25. The summed E-state index contributed by atoms with van der Waals surface area (Å²) >= 11 is 0. The van der Waals surface area contributed by atoms with Gasteiger partial charge in [0.2, 0.25) is 0 Å². The molecule has 1 unspecified atom stereocenters. The molecule has 0 saturated carbocycles. The van der Waals surface area contributed by atoms with Crippen LogP contribution in [0.3, 0.4) is 0 Å². The van der Waals surface area contributed by atoms with Crippen molar-refractivity contribution in [3.63, 3.8) is 0 Å². The van der Waals surface area contributed by atoms with Gasteiger partial charge in [-0.1, -0.05) is 0 Å². The lowest BCUT2D eigenvalue weighted by molar-refractivity contribution is -0.143. The zero-order valence-corrected chi connectivity index (χ0v) is 15.5. The van der Waals surface area contributed by atoms with Crippen molar-refractivity contribution in [2.24, 2.45) is 0 Å². The minimum absolute atomic E-state index is 0.00328. The molecule has 1 saturated heterocycles. The number of alkyl halides is 6. The lowest BCUT2D eigenvalue weighted by atomic mass is 10.1. The summed E-state index contributed by atoms with van der Waals surface area (Å²) < 4.78 is 82.8. The van der Waals surface area contributed by atoms with Gasteiger partial charge in [-0.15, -0.1) is 0 Å². The van der Waals surface area contributed by atoms with E-state index in [4.69, 9.17) is 4.74 Å². The summed E-state index contributed by atoms with van der Waals surface area (Å²) in [5.41, 5.74) is -2.65. The second-order valence-electron chi connectivity index (χ2n) is 6.87. The predicted octanol–water partition coefficient (Wildman–Crippen LogP) is 5.00. The highest BCUT2D eigenvalue weighted by molar-refractivity contribution is 5.94. The number of carbonyl (C=O) groups is 1. The molecule has 0 bridgehead atoms. The summed E-state index contributed by atoms with van der Waals surface area (Å²) in [5, 5.41) is 6.00. The SMILES string of the molecule is O=C(NCC1CCCN1)c1ccc(Oc2cc(C(F)(F)F)cc(C(F)(F)F)c2)cc1. The van der Waals surface area contributed by atoms with Crippen LogP contribution in [0.25, 0.3) is 0 Å². The fourth-order valence-electron chi connectivity index (χ4n) is 3.04. The number of hydrogen-bond acceptors (Lipinski definition) is 3. The van der Waals surface area contributed by atoms with Crippen molar-refractivity contribution in [1.29, 1.82) is 0 Å². The molecule has 30 heavy (non-hydrogen) atoms. The van der Waals surface area contributed by atoms with E-state index < -0.39 is 29.2 Å². The van der Waals surface area contributed by atoms with E-state index in [1.165, 1.54) is 24.3 Å². The van der Waals surface area contributed by atoms with Gasteiger partial charge in [0.15, 0.2) is 0 Å². The molecule has 2 aromatic carbocycles. The van der Waals surface area contributed by atoms with Crippen molar-refractivity contribution in [3.05, 3.63) is 59.2 Å². The fraction of sp³-hybridized carbons (Fsp3) is 0.350. The van der Waals surface area contributed by atoms with Crippen LogP contribution in [0.1, 0.15) is 34.3 Å². The van der Waals surface area contributed by atoms with E-state index in [1.807, 2.05) is 0 Å². The highest BCUT2D eigenvalue weighted by Gasteiger charge is 2.37. The molecule has 1 amide bonds. The molecule has 2 N–H and O–H groups in total. The summed E-state index contributed by atoms with van der Waals surface area (Å²) in [4.78, 5) is 12.2. The van der Waals surface area contributed by atoms with E-state index in [-0.39, 0.29) is 23.8 Å². The van der Waals surface area contributed by atoms with Gasteiger partial charge in [-0.2, -0.15) is 26.3 Å². The van der Waals surface area contributed by atoms with Gasteiger partial charge in [-0.25, -0.2) is 0 Å². The van der Waals surface area contributed by atoms with Gasteiger partial charge in [0.05, 0.1) is 11.1 Å². The van der Waals surface area contributed by atoms with Crippen molar-refractivity contribution < 1.29 is 35.9 Å². The van der Waals surface area contributed by atoms with E-state index in [0.29, 0.717) is 24.2 Å². The molecule has 1 atom stereocenters. The first kappa shape index (κ1) is 21.9. The van der Waals surface area contributed by atoms with Crippen LogP contribution in [0.15, 0.2) is 42.5 Å². The molecule has 162 valence electrons. The van der Waals surface area contributed by atoms with Crippen LogP contribution in [0.5, 0.6) is 11.5 Å². The first-order chi connectivity index (χ1) is 14.0. The Hall–Kier alpha value is -2.75. The molecule has 3 rings (SSSR count). The van der Waals surface area contributed by atoms with Gasteiger partial charge in [-0.3, -0.25) is 4.79 Å². The fourth-order valence-corrected chi connectivity index (χ4v) is 3.04. The second-order valence-corrected chi connectivity index (χ2v) is 6.87. The number of halogens is 6. The number of amides is 1. The third-order valence-corrected chi connectivity index (χ3v) is 4.58. The lowest BCUT2D eigenvalue weighted by Crippen LogP contribution is -2.37. The number of rotatable bonds is 5. The summed E-state index contributed by atoms with van der Waals surface area (Å²) in [5.74, 6) is -0.952. The smallest absolute Gasteiger partial charge is 0.416 e. The normalized spacial score (nSPS) is 17.1. The number of nitrogens with one attached hydrogen (secondary N) is 2. The molecular formula is C20H18F6N2O2. The second kappa shape index (κ2) is 8.55. The molecule has 4 nitrogen and oxygen atoms in total. The molecule has 1 aliphatic rings. The van der Waals surface area contributed by atoms with E-state index in [1.54, 1.807) is 0 Å². The van der Waals surface area contributed by atoms with E-state index in [2.05, 4.69) is 10.6 Å². The van der Waals surface area contributed by atoms with Gasteiger partial charge in [0.25, 0.3) is 5.91 Å². The summed E-state index contributed by atoms with van der Waals surface area (Å²) in [6.07, 6.45) is -7.92. The van der Waals surface area contributed by atoms with E-state index in [9.17, 15) is 31.1 Å². The van der Waals surface area contributed by atoms with Gasteiger partial charge < -0.3 is 15.4 Å². The van der Waals surface area contributed by atoms with E-state index in [0.717, 1.165) is 19.4 Å². The Morgan fingerprint density at radius 1 is 0.967 bits per heavy atom. The van der Waals surface area contributed by atoms with Crippen molar-refractivity contribution in [1.82, 2.24) is 10.6 Å². The molecule has 1 heterocycles. The molecule has 0 radical (unpaired) electrons. The lowest BCUT2D eigenvalue weighted by Gasteiger charge is -2.15. The minimum atomic E-state index is -4.96. The molecule has 0 aliphatic carbocycles.